The lowest BCUT2D eigenvalue weighted by molar-refractivity contribution is -0.143. The standard InChI is InChI=1S/C24H38N4O6/c1-13(2)10-18(22(31)28-20(24(33)34)11-14(3)4)27-23(32)19(26-21(30)15(5)25)12-16-6-8-17(29)9-7-16/h6-9,13-15,18-20,29H,10-12,25H2,1-5H3,(H,26,30)(H,27,32)(H,28,31)(H,33,34). The van der Waals surface area contributed by atoms with Crippen LogP contribution in [-0.4, -0.2) is 58.1 Å². The van der Waals surface area contributed by atoms with Crippen LogP contribution in [0, 0.1) is 11.8 Å². The quantitative estimate of drug-likeness (QED) is 0.245. The van der Waals surface area contributed by atoms with Gasteiger partial charge in [-0.3, -0.25) is 14.4 Å². The summed E-state index contributed by atoms with van der Waals surface area (Å²) in [7, 11) is 0. The maximum atomic E-state index is 13.2. The summed E-state index contributed by atoms with van der Waals surface area (Å²) >= 11 is 0. The predicted molar refractivity (Wildman–Crippen MR) is 128 cm³/mol. The number of aliphatic carboxylic acids is 1. The van der Waals surface area contributed by atoms with E-state index in [1.54, 1.807) is 12.1 Å². The first-order valence-electron chi connectivity index (χ1n) is 11.5. The van der Waals surface area contributed by atoms with Gasteiger partial charge in [0.25, 0.3) is 0 Å². The van der Waals surface area contributed by atoms with E-state index in [2.05, 4.69) is 16.0 Å². The van der Waals surface area contributed by atoms with Crippen molar-refractivity contribution < 1.29 is 29.4 Å². The number of hydrogen-bond acceptors (Lipinski definition) is 6. The SMILES string of the molecule is CC(C)CC(NC(=O)C(CC(C)C)NC(=O)C(Cc1ccc(O)cc1)NC(=O)C(C)N)C(=O)O. The molecule has 0 radical (unpaired) electrons. The minimum absolute atomic E-state index is 0.0265. The van der Waals surface area contributed by atoms with Crippen molar-refractivity contribution in [2.24, 2.45) is 17.6 Å². The van der Waals surface area contributed by atoms with Crippen LogP contribution in [0.2, 0.25) is 0 Å². The molecule has 0 saturated carbocycles. The topological polar surface area (TPSA) is 171 Å². The van der Waals surface area contributed by atoms with Crippen molar-refractivity contribution in [1.82, 2.24) is 16.0 Å². The minimum atomic E-state index is -1.15. The molecular weight excluding hydrogens is 440 g/mol. The molecule has 0 aliphatic rings. The van der Waals surface area contributed by atoms with E-state index < -0.39 is 47.9 Å². The van der Waals surface area contributed by atoms with Crippen LogP contribution >= 0.6 is 0 Å². The Morgan fingerprint density at radius 1 is 0.765 bits per heavy atom. The van der Waals surface area contributed by atoms with Gasteiger partial charge in [0.05, 0.1) is 6.04 Å². The Balaban J connectivity index is 3.08. The second-order valence-electron chi connectivity index (χ2n) is 9.44. The first-order chi connectivity index (χ1) is 15.8. The summed E-state index contributed by atoms with van der Waals surface area (Å²) in [6.07, 6.45) is 0.627. The summed E-state index contributed by atoms with van der Waals surface area (Å²) in [6.45, 7) is 8.94. The van der Waals surface area contributed by atoms with Gasteiger partial charge in [-0.2, -0.15) is 0 Å². The number of carbonyl (C=O) groups is 4. The third kappa shape index (κ3) is 10.2. The monoisotopic (exact) mass is 478 g/mol. The molecule has 1 rings (SSSR count). The number of benzene rings is 1. The molecule has 0 heterocycles. The highest BCUT2D eigenvalue weighted by Crippen LogP contribution is 2.13. The van der Waals surface area contributed by atoms with Crippen LogP contribution in [0.4, 0.5) is 0 Å². The van der Waals surface area contributed by atoms with Crippen LogP contribution in [0.15, 0.2) is 24.3 Å². The Labute approximate surface area is 200 Å². The number of carboxylic acid groups (broad SMARTS) is 1. The van der Waals surface area contributed by atoms with E-state index >= 15 is 0 Å². The Morgan fingerprint density at radius 3 is 1.68 bits per heavy atom. The number of amides is 3. The van der Waals surface area contributed by atoms with Crippen molar-refractivity contribution >= 4 is 23.7 Å². The maximum Gasteiger partial charge on any atom is 0.326 e. The molecule has 0 bridgehead atoms. The largest absolute Gasteiger partial charge is 0.508 e. The fourth-order valence-corrected chi connectivity index (χ4v) is 3.32. The molecule has 0 spiro atoms. The van der Waals surface area contributed by atoms with Crippen LogP contribution < -0.4 is 21.7 Å². The molecule has 0 saturated heterocycles. The molecule has 7 N–H and O–H groups in total. The van der Waals surface area contributed by atoms with Gasteiger partial charge in [-0.05, 0) is 49.3 Å². The third-order valence-electron chi connectivity index (χ3n) is 5.08. The number of rotatable bonds is 13. The molecule has 4 unspecified atom stereocenters. The molecule has 3 amide bonds. The molecule has 4 atom stereocenters. The fraction of sp³-hybridized carbons (Fsp3) is 0.583. The highest BCUT2D eigenvalue weighted by atomic mass is 16.4. The average Bonchev–Trinajstić information content (AvgIpc) is 2.72. The van der Waals surface area contributed by atoms with E-state index in [0.717, 1.165) is 0 Å². The number of carboxylic acids is 1. The molecule has 1 aromatic carbocycles. The second-order valence-corrected chi connectivity index (χ2v) is 9.44. The van der Waals surface area contributed by atoms with Crippen molar-refractivity contribution in [2.75, 3.05) is 0 Å². The van der Waals surface area contributed by atoms with Gasteiger partial charge in [-0.1, -0.05) is 39.8 Å². The Morgan fingerprint density at radius 2 is 1.21 bits per heavy atom. The summed E-state index contributed by atoms with van der Waals surface area (Å²) in [5.74, 6) is -2.75. The number of phenols is 1. The first kappa shape index (κ1) is 28.9. The molecule has 10 heteroatoms. The van der Waals surface area contributed by atoms with E-state index in [1.165, 1.54) is 19.1 Å². The Bertz CT molecular complexity index is 838. The highest BCUT2D eigenvalue weighted by Gasteiger charge is 2.30. The fourth-order valence-electron chi connectivity index (χ4n) is 3.32. The van der Waals surface area contributed by atoms with Crippen LogP contribution in [0.5, 0.6) is 5.75 Å². The zero-order valence-electron chi connectivity index (χ0n) is 20.5. The summed E-state index contributed by atoms with van der Waals surface area (Å²) in [4.78, 5) is 49.9. The molecule has 0 aliphatic carbocycles. The van der Waals surface area contributed by atoms with Crippen LogP contribution in [0.3, 0.4) is 0 Å². The average molecular weight is 479 g/mol. The van der Waals surface area contributed by atoms with Gasteiger partial charge in [0, 0.05) is 6.42 Å². The van der Waals surface area contributed by atoms with E-state index in [-0.39, 0.29) is 36.8 Å². The van der Waals surface area contributed by atoms with Crippen LogP contribution in [-0.2, 0) is 25.6 Å². The summed E-state index contributed by atoms with van der Waals surface area (Å²) in [5.41, 5.74) is 6.32. The minimum Gasteiger partial charge on any atom is -0.508 e. The zero-order chi connectivity index (χ0) is 26.0. The predicted octanol–water partition coefficient (Wildman–Crippen LogP) is 0.913. The summed E-state index contributed by atoms with van der Waals surface area (Å²) in [6, 6.07) is 2.22. The number of nitrogens with one attached hydrogen (secondary N) is 3. The van der Waals surface area contributed by atoms with Gasteiger partial charge >= 0.3 is 5.97 Å². The van der Waals surface area contributed by atoms with Crippen molar-refractivity contribution in [3.05, 3.63) is 29.8 Å². The molecular formula is C24H38N4O6. The van der Waals surface area contributed by atoms with Crippen molar-refractivity contribution in [3.8, 4) is 5.75 Å². The van der Waals surface area contributed by atoms with E-state index in [4.69, 9.17) is 5.73 Å². The molecule has 1 aromatic rings. The third-order valence-corrected chi connectivity index (χ3v) is 5.08. The van der Waals surface area contributed by atoms with Gasteiger partial charge in [-0.15, -0.1) is 0 Å². The van der Waals surface area contributed by atoms with Crippen molar-refractivity contribution in [2.45, 2.75) is 78.0 Å². The van der Waals surface area contributed by atoms with Gasteiger partial charge in [0.1, 0.15) is 23.9 Å². The van der Waals surface area contributed by atoms with Crippen LogP contribution in [0.25, 0.3) is 0 Å². The normalized spacial score (nSPS) is 14.7. The molecule has 34 heavy (non-hydrogen) atoms. The first-order valence-corrected chi connectivity index (χ1v) is 11.5. The molecule has 0 aliphatic heterocycles. The summed E-state index contributed by atoms with van der Waals surface area (Å²) < 4.78 is 0. The molecule has 0 fully saturated rings. The molecule has 10 nitrogen and oxygen atoms in total. The van der Waals surface area contributed by atoms with E-state index in [9.17, 15) is 29.4 Å². The molecule has 0 aromatic heterocycles. The van der Waals surface area contributed by atoms with Crippen LogP contribution in [0.1, 0.15) is 53.0 Å². The van der Waals surface area contributed by atoms with E-state index in [1.807, 2.05) is 27.7 Å². The lowest BCUT2D eigenvalue weighted by atomic mass is 9.99. The number of hydrogen-bond donors (Lipinski definition) is 6. The van der Waals surface area contributed by atoms with Gasteiger partial charge < -0.3 is 31.9 Å². The highest BCUT2D eigenvalue weighted by molar-refractivity contribution is 5.94. The Kier molecular flexibility index (Phi) is 11.5. The lowest BCUT2D eigenvalue weighted by Gasteiger charge is -2.26. The number of phenolic OH excluding ortho intramolecular Hbond substituents is 1. The van der Waals surface area contributed by atoms with Gasteiger partial charge in [0.2, 0.25) is 17.7 Å². The van der Waals surface area contributed by atoms with Gasteiger partial charge in [-0.25, -0.2) is 4.79 Å². The molecule has 190 valence electrons. The van der Waals surface area contributed by atoms with Crippen molar-refractivity contribution in [3.63, 3.8) is 0 Å². The summed E-state index contributed by atoms with van der Waals surface area (Å²) in [5, 5.41) is 26.8. The van der Waals surface area contributed by atoms with Crippen molar-refractivity contribution in [1.29, 1.82) is 0 Å². The smallest absolute Gasteiger partial charge is 0.326 e. The Hall–Kier alpha value is -3.14. The lowest BCUT2D eigenvalue weighted by Crippen LogP contribution is -2.57. The number of nitrogens with two attached hydrogens (primary N) is 1. The second kappa shape index (κ2) is 13.5. The maximum absolute atomic E-state index is 13.2. The van der Waals surface area contributed by atoms with Gasteiger partial charge in [0.15, 0.2) is 0 Å². The number of aromatic hydroxyl groups is 1. The zero-order valence-corrected chi connectivity index (χ0v) is 20.5. The number of carbonyl (C=O) groups excluding carboxylic acids is 3. The van der Waals surface area contributed by atoms with E-state index in [0.29, 0.717) is 5.56 Å².